The molecule has 0 aliphatic carbocycles. The lowest BCUT2D eigenvalue weighted by Crippen LogP contribution is -2.03. The van der Waals surface area contributed by atoms with E-state index in [-0.39, 0.29) is 5.78 Å². The monoisotopic (exact) mass is 295 g/mol. The van der Waals surface area contributed by atoms with Gasteiger partial charge in [0.05, 0.1) is 12.7 Å². The SMILES string of the molecule is Cn1ccnc1C(=O)C=Cc1cccc(OCCCC#N)c1. The number of carbonyl (C=O) groups excluding carboxylic acids is 1. The molecule has 0 amide bonds. The van der Waals surface area contributed by atoms with Crippen LogP contribution in [0, 0.1) is 11.3 Å². The Morgan fingerprint density at radius 1 is 1.50 bits per heavy atom. The number of rotatable bonds is 7. The minimum atomic E-state index is -0.146. The summed E-state index contributed by atoms with van der Waals surface area (Å²) in [5.74, 6) is 0.984. The van der Waals surface area contributed by atoms with Crippen molar-refractivity contribution in [3.8, 4) is 11.8 Å². The van der Waals surface area contributed by atoms with Crippen LogP contribution in [0.5, 0.6) is 5.75 Å². The number of ketones is 1. The molecular weight excluding hydrogens is 278 g/mol. The Kier molecular flexibility index (Phi) is 5.50. The first-order chi connectivity index (χ1) is 10.7. The summed E-state index contributed by atoms with van der Waals surface area (Å²) in [5.41, 5.74) is 0.875. The van der Waals surface area contributed by atoms with Crippen LogP contribution in [-0.2, 0) is 7.05 Å². The van der Waals surface area contributed by atoms with E-state index in [1.165, 1.54) is 6.08 Å². The maximum absolute atomic E-state index is 12.0. The van der Waals surface area contributed by atoms with Crippen LogP contribution in [0.1, 0.15) is 29.0 Å². The van der Waals surface area contributed by atoms with Crippen molar-refractivity contribution in [3.05, 3.63) is 54.1 Å². The van der Waals surface area contributed by atoms with Crippen LogP contribution < -0.4 is 4.74 Å². The van der Waals surface area contributed by atoms with Gasteiger partial charge in [-0.15, -0.1) is 0 Å². The van der Waals surface area contributed by atoms with Crippen LogP contribution >= 0.6 is 0 Å². The fourth-order valence-corrected chi connectivity index (χ4v) is 1.90. The molecule has 0 bridgehead atoms. The van der Waals surface area contributed by atoms with Crippen LogP contribution in [0.3, 0.4) is 0 Å². The van der Waals surface area contributed by atoms with Gasteiger partial charge >= 0.3 is 0 Å². The summed E-state index contributed by atoms with van der Waals surface area (Å²) in [5, 5.41) is 8.47. The first-order valence-corrected chi connectivity index (χ1v) is 7.00. The third-order valence-corrected chi connectivity index (χ3v) is 3.03. The molecule has 0 atom stereocenters. The Balaban J connectivity index is 1.98. The number of benzene rings is 1. The number of aromatic nitrogens is 2. The number of imidazole rings is 1. The molecule has 5 nitrogen and oxygen atoms in total. The Bertz CT molecular complexity index is 711. The molecule has 1 aromatic carbocycles. The van der Waals surface area contributed by atoms with Crippen molar-refractivity contribution in [2.24, 2.45) is 7.05 Å². The van der Waals surface area contributed by atoms with Gasteiger partial charge in [-0.05, 0) is 30.2 Å². The van der Waals surface area contributed by atoms with Gasteiger partial charge in [-0.1, -0.05) is 18.2 Å². The summed E-state index contributed by atoms with van der Waals surface area (Å²) >= 11 is 0. The molecule has 1 heterocycles. The molecule has 0 unspecified atom stereocenters. The Labute approximate surface area is 129 Å². The smallest absolute Gasteiger partial charge is 0.221 e. The molecule has 0 radical (unpaired) electrons. The predicted molar refractivity (Wildman–Crippen MR) is 83.4 cm³/mol. The molecule has 0 saturated heterocycles. The highest BCUT2D eigenvalue weighted by Gasteiger charge is 2.06. The maximum Gasteiger partial charge on any atom is 0.221 e. The Morgan fingerprint density at radius 2 is 2.36 bits per heavy atom. The zero-order valence-electron chi connectivity index (χ0n) is 12.4. The van der Waals surface area contributed by atoms with E-state index in [0.717, 1.165) is 11.3 Å². The van der Waals surface area contributed by atoms with E-state index in [0.29, 0.717) is 25.3 Å². The molecule has 0 saturated carbocycles. The average Bonchev–Trinajstić information content (AvgIpc) is 2.96. The lowest BCUT2D eigenvalue weighted by Gasteiger charge is -2.05. The standard InChI is InChI=1S/C17H17N3O2/c1-20-11-10-19-17(20)16(21)8-7-14-5-4-6-15(13-14)22-12-3-2-9-18/h4-8,10-11,13H,2-3,12H2,1H3. The number of nitrogens with zero attached hydrogens (tertiary/aromatic N) is 3. The molecule has 112 valence electrons. The molecule has 0 fully saturated rings. The van der Waals surface area contributed by atoms with E-state index in [1.807, 2.05) is 24.3 Å². The van der Waals surface area contributed by atoms with Crippen LogP contribution in [0.25, 0.3) is 6.08 Å². The van der Waals surface area contributed by atoms with E-state index >= 15 is 0 Å². The summed E-state index contributed by atoms with van der Waals surface area (Å²) in [4.78, 5) is 16.0. The van der Waals surface area contributed by atoms with E-state index in [9.17, 15) is 4.79 Å². The third kappa shape index (κ3) is 4.32. The number of ether oxygens (including phenoxy) is 1. The maximum atomic E-state index is 12.0. The van der Waals surface area contributed by atoms with E-state index in [4.69, 9.17) is 10.00 Å². The second-order valence-electron chi connectivity index (χ2n) is 4.74. The molecule has 5 heteroatoms. The molecule has 0 aliphatic rings. The van der Waals surface area contributed by atoms with Gasteiger partial charge in [-0.3, -0.25) is 4.79 Å². The first kappa shape index (κ1) is 15.5. The largest absolute Gasteiger partial charge is 0.494 e. The number of unbranched alkanes of at least 4 members (excludes halogenated alkanes) is 1. The van der Waals surface area contributed by atoms with E-state index in [1.54, 1.807) is 30.1 Å². The molecule has 2 aromatic rings. The number of hydrogen-bond donors (Lipinski definition) is 0. The fourth-order valence-electron chi connectivity index (χ4n) is 1.90. The van der Waals surface area contributed by atoms with Gasteiger partial charge in [0.25, 0.3) is 0 Å². The van der Waals surface area contributed by atoms with Gasteiger partial charge in [0.2, 0.25) is 5.78 Å². The van der Waals surface area contributed by atoms with Crippen LogP contribution in [0.15, 0.2) is 42.7 Å². The highest BCUT2D eigenvalue weighted by Crippen LogP contribution is 2.15. The van der Waals surface area contributed by atoms with Crippen molar-refractivity contribution in [2.75, 3.05) is 6.61 Å². The van der Waals surface area contributed by atoms with Crippen molar-refractivity contribution in [1.29, 1.82) is 5.26 Å². The van der Waals surface area contributed by atoms with Gasteiger partial charge in [0, 0.05) is 25.9 Å². The van der Waals surface area contributed by atoms with E-state index in [2.05, 4.69) is 11.1 Å². The zero-order valence-corrected chi connectivity index (χ0v) is 12.4. The first-order valence-electron chi connectivity index (χ1n) is 7.00. The number of hydrogen-bond acceptors (Lipinski definition) is 4. The van der Waals surface area contributed by atoms with Gasteiger partial charge in [0.15, 0.2) is 5.82 Å². The average molecular weight is 295 g/mol. The summed E-state index contributed by atoms with van der Waals surface area (Å²) in [6.07, 6.45) is 7.75. The Hall–Kier alpha value is -2.87. The highest BCUT2D eigenvalue weighted by molar-refractivity contribution is 6.04. The van der Waals surface area contributed by atoms with Crippen molar-refractivity contribution in [2.45, 2.75) is 12.8 Å². The third-order valence-electron chi connectivity index (χ3n) is 3.03. The van der Waals surface area contributed by atoms with Gasteiger partial charge < -0.3 is 9.30 Å². The lowest BCUT2D eigenvalue weighted by atomic mass is 10.2. The molecular formula is C17H17N3O2. The topological polar surface area (TPSA) is 67.9 Å². The van der Waals surface area contributed by atoms with Crippen LogP contribution in [-0.4, -0.2) is 21.9 Å². The van der Waals surface area contributed by atoms with Crippen LogP contribution in [0.2, 0.25) is 0 Å². The predicted octanol–water partition coefficient (Wildman–Crippen LogP) is 3.00. The fraction of sp³-hybridized carbons (Fsp3) is 0.235. The van der Waals surface area contributed by atoms with Crippen molar-refractivity contribution in [1.82, 2.24) is 9.55 Å². The van der Waals surface area contributed by atoms with Crippen molar-refractivity contribution in [3.63, 3.8) is 0 Å². The molecule has 2 rings (SSSR count). The van der Waals surface area contributed by atoms with Crippen molar-refractivity contribution >= 4 is 11.9 Å². The van der Waals surface area contributed by atoms with Gasteiger partial charge in [-0.25, -0.2) is 4.98 Å². The number of allylic oxidation sites excluding steroid dienone is 1. The summed E-state index contributed by atoms with van der Waals surface area (Å²) in [6, 6.07) is 9.55. The number of nitriles is 1. The number of aryl methyl sites for hydroxylation is 1. The quantitative estimate of drug-likeness (QED) is 0.447. The summed E-state index contributed by atoms with van der Waals surface area (Å²) < 4.78 is 7.24. The lowest BCUT2D eigenvalue weighted by molar-refractivity contribution is 0.103. The molecule has 1 aromatic heterocycles. The van der Waals surface area contributed by atoms with Crippen molar-refractivity contribution < 1.29 is 9.53 Å². The molecule has 0 spiro atoms. The Morgan fingerprint density at radius 3 is 3.09 bits per heavy atom. The summed E-state index contributed by atoms with van der Waals surface area (Å²) in [7, 11) is 1.78. The zero-order chi connectivity index (χ0) is 15.8. The molecule has 0 aliphatic heterocycles. The normalized spacial score (nSPS) is 10.5. The minimum absolute atomic E-state index is 0.146. The molecule has 22 heavy (non-hydrogen) atoms. The van der Waals surface area contributed by atoms with Crippen LogP contribution in [0.4, 0.5) is 0 Å². The second kappa shape index (κ2) is 7.79. The highest BCUT2D eigenvalue weighted by atomic mass is 16.5. The second-order valence-corrected chi connectivity index (χ2v) is 4.74. The number of carbonyl (C=O) groups is 1. The summed E-state index contributed by atoms with van der Waals surface area (Å²) in [6.45, 7) is 0.507. The minimum Gasteiger partial charge on any atom is -0.494 e. The molecule has 0 N–H and O–H groups in total. The van der Waals surface area contributed by atoms with Gasteiger partial charge in [-0.2, -0.15) is 5.26 Å². The van der Waals surface area contributed by atoms with E-state index < -0.39 is 0 Å². The van der Waals surface area contributed by atoms with Gasteiger partial charge in [0.1, 0.15) is 5.75 Å².